The van der Waals surface area contributed by atoms with Crippen LogP contribution in [0.5, 0.6) is 11.5 Å². The maximum Gasteiger partial charge on any atom is 0.347 e. The zero-order chi connectivity index (χ0) is 41.0. The summed E-state index contributed by atoms with van der Waals surface area (Å²) in [5.74, 6) is 0.304. The zero-order valence-corrected chi connectivity index (χ0v) is 34.2. The van der Waals surface area contributed by atoms with E-state index in [9.17, 15) is 14.4 Å². The highest BCUT2D eigenvalue weighted by Gasteiger charge is 2.33. The highest BCUT2D eigenvalue weighted by atomic mass is 16.6. The number of carbonyl (C=O) groups excluding carboxylic acids is 3. The molecule has 4 aromatic rings. The molecule has 10 heteroatoms. The summed E-state index contributed by atoms with van der Waals surface area (Å²) in [7, 11) is 0. The van der Waals surface area contributed by atoms with Gasteiger partial charge in [0.25, 0.3) is 0 Å². The van der Waals surface area contributed by atoms with Crippen molar-refractivity contribution < 1.29 is 47.5 Å². The Kier molecular flexibility index (Phi) is 17.6. The van der Waals surface area contributed by atoms with E-state index in [1.54, 1.807) is 50.2 Å². The molecule has 1 atom stereocenters. The van der Waals surface area contributed by atoms with E-state index in [-0.39, 0.29) is 17.4 Å². The lowest BCUT2D eigenvalue weighted by molar-refractivity contribution is -0.150. The van der Waals surface area contributed by atoms with Crippen LogP contribution in [0.4, 0.5) is 0 Å². The molecule has 0 aromatic heterocycles. The summed E-state index contributed by atoms with van der Waals surface area (Å²) in [4.78, 5) is 37.0. The molecule has 1 aliphatic rings. The number of carbonyl (C=O) groups is 3. The first kappa shape index (κ1) is 43.9. The molecule has 310 valence electrons. The summed E-state index contributed by atoms with van der Waals surface area (Å²) in [5, 5.41) is 0. The van der Waals surface area contributed by atoms with Crippen molar-refractivity contribution in [2.45, 2.75) is 78.2 Å². The smallest absolute Gasteiger partial charge is 0.347 e. The fourth-order valence-electron chi connectivity index (χ4n) is 6.34. The molecule has 0 saturated carbocycles. The van der Waals surface area contributed by atoms with Gasteiger partial charge in [-0.15, -0.1) is 0 Å². The minimum absolute atomic E-state index is 0.219. The molecule has 1 saturated heterocycles. The fraction of sp³-hybridized carbons (Fsp3) is 0.438. The van der Waals surface area contributed by atoms with Gasteiger partial charge in [-0.1, -0.05) is 61.9 Å². The van der Waals surface area contributed by atoms with E-state index in [0.29, 0.717) is 43.3 Å². The van der Waals surface area contributed by atoms with Gasteiger partial charge < -0.3 is 33.2 Å². The summed E-state index contributed by atoms with van der Waals surface area (Å²) in [6.45, 7) is 10.5. The molecule has 0 aliphatic carbocycles. The van der Waals surface area contributed by atoms with Crippen LogP contribution in [0, 0.1) is 5.41 Å². The second kappa shape index (κ2) is 23.3. The topological polar surface area (TPSA) is 116 Å². The van der Waals surface area contributed by atoms with E-state index in [1.165, 1.54) is 0 Å². The molecule has 0 spiro atoms. The first-order valence-electron chi connectivity index (χ1n) is 20.6. The third-order valence-electron chi connectivity index (χ3n) is 9.86. The molecule has 58 heavy (non-hydrogen) atoms. The molecule has 0 unspecified atom stereocenters. The molecule has 5 rings (SSSR count). The van der Waals surface area contributed by atoms with Gasteiger partial charge in [-0.3, -0.25) is 0 Å². The Balaban J connectivity index is 0.887. The molecule has 4 aromatic carbocycles. The molecule has 0 N–H and O–H groups in total. The van der Waals surface area contributed by atoms with E-state index in [2.05, 4.69) is 6.92 Å². The van der Waals surface area contributed by atoms with Crippen molar-refractivity contribution in [2.24, 2.45) is 5.41 Å². The largest absolute Gasteiger partial charge is 0.494 e. The Hall–Kier alpha value is -5.19. The van der Waals surface area contributed by atoms with Crippen LogP contribution < -0.4 is 9.47 Å². The molecular weight excluding hydrogens is 737 g/mol. The summed E-state index contributed by atoms with van der Waals surface area (Å²) in [5.41, 5.74) is 5.16. The predicted molar refractivity (Wildman–Crippen MR) is 223 cm³/mol. The quantitative estimate of drug-likeness (QED) is 0.0365. The van der Waals surface area contributed by atoms with Crippen LogP contribution in [-0.4, -0.2) is 76.9 Å². The Morgan fingerprint density at radius 1 is 0.569 bits per heavy atom. The number of ether oxygens (including phenoxy) is 7. The Labute approximate surface area is 343 Å². The van der Waals surface area contributed by atoms with Gasteiger partial charge in [0.15, 0.2) is 6.10 Å². The minimum atomic E-state index is -0.696. The number of rotatable bonds is 25. The number of hydrogen-bond acceptors (Lipinski definition) is 10. The van der Waals surface area contributed by atoms with Crippen LogP contribution in [-0.2, 0) is 28.5 Å². The molecule has 0 amide bonds. The average Bonchev–Trinajstić information content (AvgIpc) is 3.24. The zero-order valence-electron chi connectivity index (χ0n) is 34.2. The van der Waals surface area contributed by atoms with Crippen LogP contribution in [0.2, 0.25) is 0 Å². The first-order chi connectivity index (χ1) is 28.2. The lowest BCUT2D eigenvalue weighted by atomic mass is 9.90. The van der Waals surface area contributed by atoms with Crippen molar-refractivity contribution in [3.05, 3.63) is 108 Å². The van der Waals surface area contributed by atoms with Gasteiger partial charge >= 0.3 is 17.9 Å². The Bertz CT molecular complexity index is 1830. The highest BCUT2D eigenvalue weighted by molar-refractivity contribution is 5.90. The Morgan fingerprint density at radius 3 is 1.45 bits per heavy atom. The fourth-order valence-corrected chi connectivity index (χ4v) is 6.34. The van der Waals surface area contributed by atoms with E-state index < -0.39 is 12.1 Å². The SMILES string of the molecule is CCOC(=O)[C@@H](C)Oc1ccc(-c2ccc(C(=O)OCCCCCCOC(=O)c3ccc(-c4ccc(OCCCCCCOCC5(C)COC5)cc4)cc3)cc2)cc1. The van der Waals surface area contributed by atoms with Crippen molar-refractivity contribution in [2.75, 3.05) is 52.9 Å². The number of esters is 3. The van der Waals surface area contributed by atoms with Gasteiger partial charge in [-0.05, 0) is 130 Å². The summed E-state index contributed by atoms with van der Waals surface area (Å²) in [6, 6.07) is 30.1. The summed E-state index contributed by atoms with van der Waals surface area (Å²) < 4.78 is 38.6. The summed E-state index contributed by atoms with van der Waals surface area (Å²) in [6.07, 6.45) is 6.81. The molecule has 1 heterocycles. The van der Waals surface area contributed by atoms with E-state index in [0.717, 1.165) is 106 Å². The minimum Gasteiger partial charge on any atom is -0.494 e. The van der Waals surface area contributed by atoms with Crippen LogP contribution in [0.25, 0.3) is 22.3 Å². The van der Waals surface area contributed by atoms with Crippen LogP contribution in [0.15, 0.2) is 97.1 Å². The number of hydrogen-bond donors (Lipinski definition) is 0. The summed E-state index contributed by atoms with van der Waals surface area (Å²) >= 11 is 0. The number of unbranched alkanes of at least 4 members (excludes halogenated alkanes) is 6. The van der Waals surface area contributed by atoms with E-state index in [4.69, 9.17) is 33.2 Å². The van der Waals surface area contributed by atoms with Crippen LogP contribution in [0.3, 0.4) is 0 Å². The second-order valence-corrected chi connectivity index (χ2v) is 15.0. The van der Waals surface area contributed by atoms with E-state index >= 15 is 0 Å². The predicted octanol–water partition coefficient (Wildman–Crippen LogP) is 9.92. The van der Waals surface area contributed by atoms with Crippen LogP contribution in [0.1, 0.15) is 92.9 Å². The van der Waals surface area contributed by atoms with Crippen molar-refractivity contribution in [1.82, 2.24) is 0 Å². The molecule has 0 bridgehead atoms. The lowest BCUT2D eigenvalue weighted by Crippen LogP contribution is -2.43. The van der Waals surface area contributed by atoms with Crippen molar-refractivity contribution in [3.8, 4) is 33.8 Å². The maximum atomic E-state index is 12.6. The monoisotopic (exact) mass is 794 g/mol. The van der Waals surface area contributed by atoms with Gasteiger partial charge in [-0.2, -0.15) is 0 Å². The standard InChI is InChI=1S/C48H58O10/c1-4-54-45(49)36(2)58-44-27-23-40(24-28-44)38-15-19-42(20-16-38)47(51)57-32-12-8-7-11-31-56-46(50)41-17-13-37(14-18-41)39-21-25-43(26-22-39)55-30-10-6-5-9-29-52-33-48(3)34-53-35-48/h13-28,36H,4-12,29-35H2,1-3H3/t36-/m1/s1. The number of benzene rings is 4. The molecule has 0 radical (unpaired) electrons. The van der Waals surface area contributed by atoms with Gasteiger partial charge in [0.05, 0.1) is 57.4 Å². The van der Waals surface area contributed by atoms with Gasteiger partial charge in [0.1, 0.15) is 11.5 Å². The lowest BCUT2D eigenvalue weighted by Gasteiger charge is -2.37. The van der Waals surface area contributed by atoms with Crippen molar-refractivity contribution in [3.63, 3.8) is 0 Å². The van der Waals surface area contributed by atoms with Gasteiger partial charge in [0.2, 0.25) is 0 Å². The highest BCUT2D eigenvalue weighted by Crippen LogP contribution is 2.27. The molecule has 10 nitrogen and oxygen atoms in total. The molecule has 1 aliphatic heterocycles. The average molecular weight is 795 g/mol. The van der Waals surface area contributed by atoms with E-state index in [1.807, 2.05) is 60.7 Å². The molecule has 1 fully saturated rings. The second-order valence-electron chi connectivity index (χ2n) is 15.0. The maximum absolute atomic E-state index is 12.6. The third-order valence-corrected chi connectivity index (χ3v) is 9.86. The third kappa shape index (κ3) is 14.3. The van der Waals surface area contributed by atoms with Crippen molar-refractivity contribution in [1.29, 1.82) is 0 Å². The normalized spacial score (nSPS) is 13.5. The molecular formula is C48H58O10. The van der Waals surface area contributed by atoms with Crippen molar-refractivity contribution >= 4 is 17.9 Å². The Morgan fingerprint density at radius 2 is 1.00 bits per heavy atom. The first-order valence-corrected chi connectivity index (χ1v) is 20.6. The van der Waals surface area contributed by atoms with Gasteiger partial charge in [0, 0.05) is 12.0 Å². The van der Waals surface area contributed by atoms with Crippen LogP contribution >= 0.6 is 0 Å². The van der Waals surface area contributed by atoms with Gasteiger partial charge in [-0.25, -0.2) is 14.4 Å².